The van der Waals surface area contributed by atoms with Gasteiger partial charge in [-0.25, -0.2) is 4.39 Å². The smallest absolute Gasteiger partial charge is 0.124 e. The fourth-order valence-corrected chi connectivity index (χ4v) is 4.00. The second-order valence-corrected chi connectivity index (χ2v) is 6.35. The van der Waals surface area contributed by atoms with Crippen LogP contribution in [0.3, 0.4) is 0 Å². The molecule has 3 rings (SSSR count). The highest BCUT2D eigenvalue weighted by Crippen LogP contribution is 2.41. The second-order valence-electron chi connectivity index (χ2n) is 5.94. The highest BCUT2D eigenvalue weighted by molar-refractivity contribution is 6.31. The van der Waals surface area contributed by atoms with Gasteiger partial charge < -0.3 is 5.32 Å². The Bertz CT molecular complexity index is 454. The number of hydrogen-bond acceptors (Lipinski definition) is 2. The SMILES string of the molecule is Fc1ccc([C@H](C2CCCC2)N2CCNCC2)c(Cl)c1. The number of nitrogens with one attached hydrogen (secondary N) is 1. The zero-order valence-electron chi connectivity index (χ0n) is 11.7. The maximum absolute atomic E-state index is 13.3. The van der Waals surface area contributed by atoms with Crippen molar-refractivity contribution in [1.82, 2.24) is 10.2 Å². The fourth-order valence-electron chi connectivity index (χ4n) is 3.72. The lowest BCUT2D eigenvalue weighted by atomic mass is 9.89. The Kier molecular flexibility index (Phi) is 4.59. The van der Waals surface area contributed by atoms with Gasteiger partial charge in [0.1, 0.15) is 5.82 Å². The lowest BCUT2D eigenvalue weighted by molar-refractivity contribution is 0.125. The van der Waals surface area contributed by atoms with E-state index in [9.17, 15) is 4.39 Å². The Labute approximate surface area is 125 Å². The summed E-state index contributed by atoms with van der Waals surface area (Å²) in [4.78, 5) is 2.53. The van der Waals surface area contributed by atoms with Crippen molar-refractivity contribution in [3.8, 4) is 0 Å². The molecule has 1 heterocycles. The first-order valence-electron chi connectivity index (χ1n) is 7.65. The quantitative estimate of drug-likeness (QED) is 0.916. The van der Waals surface area contributed by atoms with Gasteiger partial charge in [-0.15, -0.1) is 0 Å². The maximum Gasteiger partial charge on any atom is 0.124 e. The van der Waals surface area contributed by atoms with Crippen LogP contribution in [-0.4, -0.2) is 31.1 Å². The summed E-state index contributed by atoms with van der Waals surface area (Å²) in [5.74, 6) is 0.417. The minimum Gasteiger partial charge on any atom is -0.314 e. The van der Waals surface area contributed by atoms with Crippen molar-refractivity contribution >= 4 is 11.6 Å². The van der Waals surface area contributed by atoms with Crippen LogP contribution < -0.4 is 5.32 Å². The van der Waals surface area contributed by atoms with Gasteiger partial charge in [-0.1, -0.05) is 30.5 Å². The lowest BCUT2D eigenvalue weighted by Gasteiger charge is -2.39. The second kappa shape index (κ2) is 6.42. The average Bonchev–Trinajstić information content (AvgIpc) is 2.97. The highest BCUT2D eigenvalue weighted by atomic mass is 35.5. The topological polar surface area (TPSA) is 15.3 Å². The first-order valence-corrected chi connectivity index (χ1v) is 8.03. The molecule has 0 aromatic heterocycles. The van der Waals surface area contributed by atoms with Crippen molar-refractivity contribution in [2.45, 2.75) is 31.7 Å². The monoisotopic (exact) mass is 296 g/mol. The maximum atomic E-state index is 13.3. The van der Waals surface area contributed by atoms with Crippen molar-refractivity contribution in [2.75, 3.05) is 26.2 Å². The Hall–Kier alpha value is -0.640. The van der Waals surface area contributed by atoms with E-state index in [0.29, 0.717) is 17.0 Å². The van der Waals surface area contributed by atoms with Crippen LogP contribution in [0.15, 0.2) is 18.2 Å². The van der Waals surface area contributed by atoms with Crippen LogP contribution in [0.25, 0.3) is 0 Å². The normalized spacial score (nSPS) is 23.1. The van der Waals surface area contributed by atoms with E-state index in [1.165, 1.54) is 31.7 Å². The number of nitrogens with zero attached hydrogens (tertiary/aromatic N) is 1. The summed E-state index contributed by atoms with van der Waals surface area (Å²) in [6.45, 7) is 4.16. The number of piperazine rings is 1. The molecule has 2 aliphatic rings. The fraction of sp³-hybridized carbons (Fsp3) is 0.625. The first-order chi connectivity index (χ1) is 9.75. The number of halogens is 2. The molecule has 0 radical (unpaired) electrons. The van der Waals surface area contributed by atoms with Crippen LogP contribution in [0.5, 0.6) is 0 Å². The predicted octanol–water partition coefficient (Wildman–Crippen LogP) is 3.62. The molecule has 4 heteroatoms. The third-order valence-corrected chi connectivity index (χ3v) is 5.00. The average molecular weight is 297 g/mol. The van der Waals surface area contributed by atoms with Crippen molar-refractivity contribution in [3.63, 3.8) is 0 Å². The van der Waals surface area contributed by atoms with Gasteiger partial charge in [0.2, 0.25) is 0 Å². The van der Waals surface area contributed by atoms with E-state index < -0.39 is 0 Å². The molecule has 1 saturated heterocycles. The Morgan fingerprint density at radius 2 is 1.90 bits per heavy atom. The summed E-state index contributed by atoms with van der Waals surface area (Å²) in [6, 6.07) is 5.25. The molecular weight excluding hydrogens is 275 g/mol. The van der Waals surface area contributed by atoms with Crippen LogP contribution in [0.2, 0.25) is 5.02 Å². The molecule has 0 bridgehead atoms. The van der Waals surface area contributed by atoms with Crippen molar-refractivity contribution in [1.29, 1.82) is 0 Å². The van der Waals surface area contributed by atoms with E-state index in [1.807, 2.05) is 6.07 Å². The molecule has 0 spiro atoms. The molecule has 1 aromatic rings. The lowest BCUT2D eigenvalue weighted by Crippen LogP contribution is -2.46. The van der Waals surface area contributed by atoms with Gasteiger partial charge in [0.25, 0.3) is 0 Å². The van der Waals surface area contributed by atoms with E-state index in [4.69, 9.17) is 11.6 Å². The minimum absolute atomic E-state index is 0.246. The third kappa shape index (κ3) is 3.00. The number of benzene rings is 1. The van der Waals surface area contributed by atoms with E-state index in [2.05, 4.69) is 10.2 Å². The summed E-state index contributed by atoms with van der Waals surface area (Å²) in [6.07, 6.45) is 5.16. The van der Waals surface area contributed by atoms with E-state index in [0.717, 1.165) is 31.7 Å². The van der Waals surface area contributed by atoms with E-state index in [1.54, 1.807) is 6.07 Å². The van der Waals surface area contributed by atoms with Gasteiger partial charge >= 0.3 is 0 Å². The molecule has 0 unspecified atom stereocenters. The Morgan fingerprint density at radius 1 is 1.20 bits per heavy atom. The van der Waals surface area contributed by atoms with Crippen molar-refractivity contribution in [2.24, 2.45) is 5.92 Å². The van der Waals surface area contributed by atoms with Crippen molar-refractivity contribution < 1.29 is 4.39 Å². The molecule has 1 aliphatic heterocycles. The molecule has 110 valence electrons. The first kappa shape index (κ1) is 14.3. The Morgan fingerprint density at radius 3 is 2.55 bits per heavy atom. The molecule has 1 aliphatic carbocycles. The van der Waals surface area contributed by atoms with E-state index >= 15 is 0 Å². The molecule has 1 saturated carbocycles. The molecular formula is C16H22ClFN2. The standard InChI is InChI=1S/C16H22ClFN2/c17-15-11-13(18)5-6-14(15)16(12-3-1-2-4-12)20-9-7-19-8-10-20/h5-6,11-12,16,19H,1-4,7-10H2/t16-/m0/s1. The van der Waals surface area contributed by atoms with E-state index in [-0.39, 0.29) is 5.82 Å². The Balaban J connectivity index is 1.90. The van der Waals surface area contributed by atoms with Gasteiger partial charge in [0, 0.05) is 37.2 Å². The molecule has 1 N–H and O–H groups in total. The largest absolute Gasteiger partial charge is 0.314 e. The molecule has 2 fully saturated rings. The van der Waals surface area contributed by atoms with Gasteiger partial charge in [-0.05, 0) is 36.5 Å². The summed E-state index contributed by atoms with van der Waals surface area (Å²) in [5.41, 5.74) is 1.11. The van der Waals surface area contributed by atoms with Gasteiger partial charge in [-0.3, -0.25) is 4.90 Å². The molecule has 1 aromatic carbocycles. The summed E-state index contributed by atoms with van der Waals surface area (Å²) >= 11 is 6.34. The van der Waals surface area contributed by atoms with Gasteiger partial charge in [-0.2, -0.15) is 0 Å². The minimum atomic E-state index is -0.246. The van der Waals surface area contributed by atoms with Gasteiger partial charge in [0.05, 0.1) is 0 Å². The van der Waals surface area contributed by atoms with Crippen LogP contribution in [-0.2, 0) is 0 Å². The highest BCUT2D eigenvalue weighted by Gasteiger charge is 2.33. The van der Waals surface area contributed by atoms with Crippen LogP contribution >= 0.6 is 11.6 Å². The number of rotatable bonds is 3. The third-order valence-electron chi connectivity index (χ3n) is 4.67. The van der Waals surface area contributed by atoms with Crippen LogP contribution in [0, 0.1) is 11.7 Å². The molecule has 1 atom stereocenters. The molecule has 2 nitrogen and oxygen atoms in total. The van der Waals surface area contributed by atoms with Crippen LogP contribution in [0.4, 0.5) is 4.39 Å². The molecule has 0 amide bonds. The summed E-state index contributed by atoms with van der Waals surface area (Å²) in [7, 11) is 0. The summed E-state index contributed by atoms with van der Waals surface area (Å²) < 4.78 is 13.3. The zero-order chi connectivity index (χ0) is 13.9. The predicted molar refractivity (Wildman–Crippen MR) is 80.6 cm³/mol. The van der Waals surface area contributed by atoms with Gasteiger partial charge in [0.15, 0.2) is 0 Å². The van der Waals surface area contributed by atoms with Crippen molar-refractivity contribution in [3.05, 3.63) is 34.6 Å². The van der Waals surface area contributed by atoms with Crippen LogP contribution in [0.1, 0.15) is 37.3 Å². The molecule has 20 heavy (non-hydrogen) atoms. The summed E-state index contributed by atoms with van der Waals surface area (Å²) in [5, 5.41) is 3.98. The zero-order valence-corrected chi connectivity index (χ0v) is 12.5. The number of hydrogen-bond donors (Lipinski definition) is 1.